The average Bonchev–Trinajstić information content (AvgIpc) is 2.34. The molecule has 1 unspecified atom stereocenters. The molecule has 3 nitrogen and oxygen atoms in total. The molecule has 102 valence electrons. The Morgan fingerprint density at radius 2 is 1.79 bits per heavy atom. The van der Waals surface area contributed by atoms with Crippen LogP contribution in [0, 0.1) is 0 Å². The van der Waals surface area contributed by atoms with Crippen LogP contribution in [-0.4, -0.2) is 20.4 Å². The second kappa shape index (κ2) is 5.61. The molecule has 0 aliphatic carbocycles. The highest BCUT2D eigenvalue weighted by Gasteiger charge is 2.10. The van der Waals surface area contributed by atoms with E-state index in [1.807, 2.05) is 36.4 Å². The molecular formula is C14H16BrNO2S. The van der Waals surface area contributed by atoms with Crippen LogP contribution in [0.1, 0.15) is 18.0 Å². The summed E-state index contributed by atoms with van der Waals surface area (Å²) in [5.41, 5.74) is 7.02. The lowest BCUT2D eigenvalue weighted by Crippen LogP contribution is -2.15. The smallest absolute Gasteiger partial charge is 0.147 e. The zero-order valence-corrected chi connectivity index (χ0v) is 13.0. The number of halogens is 1. The standard InChI is InChI=1S/C14H16BrNO2S/c1-19(17,18)7-6-14(16)12-3-2-11-9-13(15)5-4-10(11)8-12/h2-5,8-9,14H,6-7,16H2,1H3. The fraction of sp³-hybridized carbons (Fsp3) is 0.286. The number of hydrogen-bond donors (Lipinski definition) is 1. The quantitative estimate of drug-likeness (QED) is 0.929. The van der Waals surface area contributed by atoms with Crippen LogP contribution in [0.5, 0.6) is 0 Å². The van der Waals surface area contributed by atoms with Crippen LogP contribution < -0.4 is 5.73 Å². The first-order chi connectivity index (χ1) is 8.85. The Hall–Kier alpha value is -0.910. The van der Waals surface area contributed by atoms with Crippen molar-refractivity contribution in [1.82, 2.24) is 0 Å². The second-order valence-electron chi connectivity index (χ2n) is 4.78. The summed E-state index contributed by atoms with van der Waals surface area (Å²) in [4.78, 5) is 0. The van der Waals surface area contributed by atoms with Gasteiger partial charge in [0.1, 0.15) is 9.84 Å². The van der Waals surface area contributed by atoms with Gasteiger partial charge in [-0.1, -0.05) is 34.1 Å². The van der Waals surface area contributed by atoms with Gasteiger partial charge in [0, 0.05) is 16.8 Å². The minimum atomic E-state index is -2.96. The van der Waals surface area contributed by atoms with E-state index < -0.39 is 9.84 Å². The predicted molar refractivity (Wildman–Crippen MR) is 82.9 cm³/mol. The van der Waals surface area contributed by atoms with Gasteiger partial charge in [0.05, 0.1) is 5.75 Å². The van der Waals surface area contributed by atoms with E-state index in [0.717, 1.165) is 20.8 Å². The normalized spacial score (nSPS) is 13.6. The van der Waals surface area contributed by atoms with Crippen LogP contribution in [-0.2, 0) is 9.84 Å². The number of rotatable bonds is 4. The molecule has 0 heterocycles. The van der Waals surface area contributed by atoms with Gasteiger partial charge in [0.2, 0.25) is 0 Å². The van der Waals surface area contributed by atoms with E-state index in [9.17, 15) is 8.42 Å². The van der Waals surface area contributed by atoms with Crippen molar-refractivity contribution in [3.8, 4) is 0 Å². The van der Waals surface area contributed by atoms with Crippen molar-refractivity contribution in [1.29, 1.82) is 0 Å². The highest BCUT2D eigenvalue weighted by atomic mass is 79.9. The number of hydrogen-bond acceptors (Lipinski definition) is 3. The molecule has 0 bridgehead atoms. The predicted octanol–water partition coefficient (Wildman–Crippen LogP) is 3.04. The Morgan fingerprint density at radius 3 is 2.47 bits per heavy atom. The summed E-state index contributed by atoms with van der Waals surface area (Å²) in [5, 5.41) is 2.24. The van der Waals surface area contributed by atoms with Gasteiger partial charge < -0.3 is 5.73 Å². The first-order valence-electron chi connectivity index (χ1n) is 5.98. The summed E-state index contributed by atoms with van der Waals surface area (Å²) in [6.07, 6.45) is 1.68. The van der Waals surface area contributed by atoms with E-state index in [1.165, 1.54) is 6.26 Å². The van der Waals surface area contributed by atoms with Gasteiger partial charge in [-0.15, -0.1) is 0 Å². The van der Waals surface area contributed by atoms with E-state index in [-0.39, 0.29) is 11.8 Å². The molecular weight excluding hydrogens is 326 g/mol. The Bertz CT molecular complexity index is 698. The lowest BCUT2D eigenvalue weighted by Gasteiger charge is -2.12. The van der Waals surface area contributed by atoms with E-state index >= 15 is 0 Å². The highest BCUT2D eigenvalue weighted by Crippen LogP contribution is 2.24. The summed E-state index contributed by atoms with van der Waals surface area (Å²) < 4.78 is 23.3. The maximum Gasteiger partial charge on any atom is 0.147 e. The molecule has 0 aromatic heterocycles. The first-order valence-corrected chi connectivity index (χ1v) is 8.83. The van der Waals surface area contributed by atoms with Gasteiger partial charge in [-0.25, -0.2) is 8.42 Å². The molecule has 2 aromatic carbocycles. The van der Waals surface area contributed by atoms with Crippen LogP contribution in [0.25, 0.3) is 10.8 Å². The Morgan fingerprint density at radius 1 is 1.16 bits per heavy atom. The van der Waals surface area contributed by atoms with Crippen molar-refractivity contribution in [2.45, 2.75) is 12.5 Å². The minimum Gasteiger partial charge on any atom is -0.324 e. The molecule has 0 saturated carbocycles. The van der Waals surface area contributed by atoms with Gasteiger partial charge >= 0.3 is 0 Å². The Kier molecular flexibility index (Phi) is 4.28. The first kappa shape index (κ1) is 14.5. The SMILES string of the molecule is CS(=O)(=O)CCC(N)c1ccc2cc(Br)ccc2c1. The van der Waals surface area contributed by atoms with Gasteiger partial charge in [0.25, 0.3) is 0 Å². The lowest BCUT2D eigenvalue weighted by atomic mass is 10.0. The molecule has 19 heavy (non-hydrogen) atoms. The van der Waals surface area contributed by atoms with Crippen LogP contribution in [0.15, 0.2) is 40.9 Å². The third kappa shape index (κ3) is 4.03. The fourth-order valence-electron chi connectivity index (χ4n) is 1.97. The number of benzene rings is 2. The third-order valence-corrected chi connectivity index (χ3v) is 4.52. The number of sulfone groups is 1. The van der Waals surface area contributed by atoms with Crippen molar-refractivity contribution >= 4 is 36.5 Å². The van der Waals surface area contributed by atoms with Gasteiger partial charge in [0.15, 0.2) is 0 Å². The molecule has 5 heteroatoms. The topological polar surface area (TPSA) is 60.2 Å². The zero-order chi connectivity index (χ0) is 14.0. The summed E-state index contributed by atoms with van der Waals surface area (Å²) in [5.74, 6) is 0.118. The molecule has 0 amide bonds. The van der Waals surface area contributed by atoms with E-state index in [4.69, 9.17) is 5.73 Å². The second-order valence-corrected chi connectivity index (χ2v) is 7.95. The van der Waals surface area contributed by atoms with Crippen molar-refractivity contribution < 1.29 is 8.42 Å². The van der Waals surface area contributed by atoms with Crippen molar-refractivity contribution in [2.24, 2.45) is 5.73 Å². The average molecular weight is 342 g/mol. The summed E-state index contributed by atoms with van der Waals surface area (Å²) in [7, 11) is -2.96. The van der Waals surface area contributed by atoms with Gasteiger partial charge in [-0.05, 0) is 41.0 Å². The zero-order valence-electron chi connectivity index (χ0n) is 10.6. The van der Waals surface area contributed by atoms with Crippen molar-refractivity contribution in [3.63, 3.8) is 0 Å². The van der Waals surface area contributed by atoms with Gasteiger partial charge in [-0.2, -0.15) is 0 Å². The summed E-state index contributed by atoms with van der Waals surface area (Å²) in [6.45, 7) is 0. The Balaban J connectivity index is 2.23. The molecule has 0 aliphatic heterocycles. The summed E-state index contributed by atoms with van der Waals surface area (Å²) in [6, 6.07) is 11.8. The van der Waals surface area contributed by atoms with Crippen LogP contribution in [0.4, 0.5) is 0 Å². The van der Waals surface area contributed by atoms with E-state index in [1.54, 1.807) is 0 Å². The van der Waals surface area contributed by atoms with Crippen molar-refractivity contribution in [3.05, 3.63) is 46.4 Å². The van der Waals surface area contributed by atoms with E-state index in [0.29, 0.717) is 6.42 Å². The highest BCUT2D eigenvalue weighted by molar-refractivity contribution is 9.10. The van der Waals surface area contributed by atoms with Gasteiger partial charge in [-0.3, -0.25) is 0 Å². The minimum absolute atomic E-state index is 0.118. The molecule has 1 atom stereocenters. The molecule has 0 spiro atoms. The lowest BCUT2D eigenvalue weighted by molar-refractivity contribution is 0.592. The van der Waals surface area contributed by atoms with Crippen LogP contribution in [0.3, 0.4) is 0 Å². The molecule has 0 radical (unpaired) electrons. The third-order valence-electron chi connectivity index (χ3n) is 3.05. The fourth-order valence-corrected chi connectivity index (χ4v) is 3.03. The summed E-state index contributed by atoms with van der Waals surface area (Å²) >= 11 is 3.44. The molecule has 2 aromatic rings. The van der Waals surface area contributed by atoms with Crippen LogP contribution >= 0.6 is 15.9 Å². The number of nitrogens with two attached hydrogens (primary N) is 1. The molecule has 0 fully saturated rings. The monoisotopic (exact) mass is 341 g/mol. The molecule has 0 aliphatic rings. The number of fused-ring (bicyclic) bond motifs is 1. The maximum atomic E-state index is 11.2. The maximum absolute atomic E-state index is 11.2. The molecule has 0 saturated heterocycles. The van der Waals surface area contributed by atoms with Crippen molar-refractivity contribution in [2.75, 3.05) is 12.0 Å². The molecule has 2 rings (SSSR count). The Labute approximate surface area is 121 Å². The largest absolute Gasteiger partial charge is 0.324 e. The van der Waals surface area contributed by atoms with Crippen LogP contribution in [0.2, 0.25) is 0 Å². The van der Waals surface area contributed by atoms with E-state index in [2.05, 4.69) is 15.9 Å². The molecule has 2 N–H and O–H groups in total.